The second-order valence-electron chi connectivity index (χ2n) is 9.83. The number of nitrogens with zero attached hydrogens (tertiary/aromatic N) is 2. The van der Waals surface area contributed by atoms with E-state index in [2.05, 4.69) is 11.1 Å². The van der Waals surface area contributed by atoms with Crippen molar-refractivity contribution in [3.05, 3.63) is 59.8 Å². The van der Waals surface area contributed by atoms with E-state index >= 15 is 0 Å². The van der Waals surface area contributed by atoms with Gasteiger partial charge >= 0.3 is 0 Å². The molecule has 0 bridgehead atoms. The summed E-state index contributed by atoms with van der Waals surface area (Å²) in [7, 11) is 3.20. The summed E-state index contributed by atoms with van der Waals surface area (Å²) >= 11 is 0. The monoisotopic (exact) mass is 493 g/mol. The Morgan fingerprint density at radius 3 is 2.33 bits per heavy atom. The zero-order valence-corrected chi connectivity index (χ0v) is 22.3. The number of hydrogen-bond donors (Lipinski definition) is 1. The highest BCUT2D eigenvalue weighted by Crippen LogP contribution is 2.28. The van der Waals surface area contributed by atoms with Gasteiger partial charge in [-0.2, -0.15) is 0 Å². The average Bonchev–Trinajstić information content (AvgIpc) is 3.27. The van der Waals surface area contributed by atoms with Gasteiger partial charge in [0.15, 0.2) is 11.5 Å². The topological polar surface area (TPSA) is 74.9 Å². The van der Waals surface area contributed by atoms with E-state index in [1.807, 2.05) is 75.2 Å². The van der Waals surface area contributed by atoms with E-state index in [0.717, 1.165) is 22.0 Å². The van der Waals surface area contributed by atoms with Gasteiger partial charge < -0.3 is 24.3 Å². The fourth-order valence-corrected chi connectivity index (χ4v) is 4.36. The zero-order valence-electron chi connectivity index (χ0n) is 22.3. The van der Waals surface area contributed by atoms with Crippen LogP contribution in [0.5, 0.6) is 11.5 Å². The van der Waals surface area contributed by atoms with Crippen molar-refractivity contribution in [2.24, 2.45) is 5.92 Å². The molecule has 7 nitrogen and oxygen atoms in total. The van der Waals surface area contributed by atoms with Crippen molar-refractivity contribution >= 4 is 22.7 Å². The molecule has 1 heterocycles. The quantitative estimate of drug-likeness (QED) is 0.384. The minimum absolute atomic E-state index is 0.0102. The van der Waals surface area contributed by atoms with Gasteiger partial charge in [0, 0.05) is 42.7 Å². The normalized spacial score (nSPS) is 11.2. The molecule has 36 heavy (non-hydrogen) atoms. The van der Waals surface area contributed by atoms with Gasteiger partial charge in [-0.25, -0.2) is 0 Å². The minimum atomic E-state index is -0.0737. The molecule has 3 rings (SSSR count). The van der Waals surface area contributed by atoms with E-state index < -0.39 is 0 Å². The molecule has 0 aliphatic heterocycles. The van der Waals surface area contributed by atoms with Gasteiger partial charge in [-0.15, -0.1) is 0 Å². The molecule has 0 spiro atoms. The first kappa shape index (κ1) is 27.1. The van der Waals surface area contributed by atoms with Crippen molar-refractivity contribution < 1.29 is 19.1 Å². The minimum Gasteiger partial charge on any atom is -0.493 e. The van der Waals surface area contributed by atoms with Crippen LogP contribution in [0.25, 0.3) is 10.9 Å². The Morgan fingerprint density at radius 1 is 0.944 bits per heavy atom. The first-order valence-electron chi connectivity index (χ1n) is 12.6. The van der Waals surface area contributed by atoms with Gasteiger partial charge in [-0.3, -0.25) is 9.59 Å². The van der Waals surface area contributed by atoms with Gasteiger partial charge in [-0.05, 0) is 55.5 Å². The summed E-state index contributed by atoms with van der Waals surface area (Å²) in [6.07, 6.45) is 3.14. The number of amides is 2. The molecule has 0 fully saturated rings. The molecule has 0 saturated carbocycles. The van der Waals surface area contributed by atoms with E-state index in [4.69, 9.17) is 9.47 Å². The standard InChI is InChI=1S/C29H39N3O4/c1-20(2)15-28(33)32(21(3)4)19-29(34)31(18-22-11-12-26(35-5)27(16-22)36-6)14-13-23-17-30-25-10-8-7-9-24(23)25/h7-12,16-17,20-21,30H,13-15,18-19H2,1-6H3. The molecule has 194 valence electrons. The van der Waals surface area contributed by atoms with Crippen molar-refractivity contribution in [3.8, 4) is 11.5 Å². The molecule has 3 aromatic rings. The fourth-order valence-electron chi connectivity index (χ4n) is 4.36. The number of fused-ring (bicyclic) bond motifs is 1. The summed E-state index contributed by atoms with van der Waals surface area (Å²) in [6, 6.07) is 13.8. The number of nitrogens with one attached hydrogen (secondary N) is 1. The Bertz CT molecular complexity index is 1170. The number of ether oxygens (including phenoxy) is 2. The lowest BCUT2D eigenvalue weighted by atomic mass is 10.1. The molecule has 0 atom stereocenters. The Morgan fingerprint density at radius 2 is 1.67 bits per heavy atom. The highest BCUT2D eigenvalue weighted by molar-refractivity contribution is 5.85. The molecule has 1 aromatic heterocycles. The molecule has 0 aliphatic rings. The lowest BCUT2D eigenvalue weighted by Gasteiger charge is -2.31. The first-order chi connectivity index (χ1) is 17.2. The maximum Gasteiger partial charge on any atom is 0.242 e. The summed E-state index contributed by atoms with van der Waals surface area (Å²) in [5.41, 5.74) is 3.17. The van der Waals surface area contributed by atoms with Crippen molar-refractivity contribution in [2.75, 3.05) is 27.3 Å². The van der Waals surface area contributed by atoms with E-state index in [1.165, 1.54) is 0 Å². The number of hydrogen-bond acceptors (Lipinski definition) is 4. The number of H-pyrrole nitrogens is 1. The number of benzene rings is 2. The van der Waals surface area contributed by atoms with Crippen LogP contribution in [-0.4, -0.2) is 59.9 Å². The van der Waals surface area contributed by atoms with Crippen LogP contribution in [0, 0.1) is 5.92 Å². The summed E-state index contributed by atoms with van der Waals surface area (Å²) in [4.78, 5) is 33.3. The molecule has 0 unspecified atom stereocenters. The highest BCUT2D eigenvalue weighted by atomic mass is 16.5. The molecule has 0 radical (unpaired) electrons. The van der Waals surface area contributed by atoms with Gasteiger partial charge in [0.1, 0.15) is 0 Å². The Labute approximate surface area is 214 Å². The second-order valence-corrected chi connectivity index (χ2v) is 9.83. The molecule has 0 saturated heterocycles. The van der Waals surface area contributed by atoms with Crippen LogP contribution in [0.2, 0.25) is 0 Å². The van der Waals surface area contributed by atoms with Gasteiger partial charge in [-0.1, -0.05) is 38.1 Å². The maximum absolute atomic E-state index is 13.6. The predicted molar refractivity (Wildman–Crippen MR) is 143 cm³/mol. The van der Waals surface area contributed by atoms with E-state index in [1.54, 1.807) is 19.1 Å². The number of methoxy groups -OCH3 is 2. The zero-order chi connectivity index (χ0) is 26.2. The van der Waals surface area contributed by atoms with Crippen LogP contribution in [0.1, 0.15) is 45.2 Å². The van der Waals surface area contributed by atoms with Gasteiger partial charge in [0.05, 0.1) is 20.8 Å². The summed E-state index contributed by atoms with van der Waals surface area (Å²) in [5, 5.41) is 1.16. The first-order valence-corrected chi connectivity index (χ1v) is 12.6. The number of carbonyl (C=O) groups excluding carboxylic acids is 2. The summed E-state index contributed by atoms with van der Waals surface area (Å²) in [5.74, 6) is 1.43. The van der Waals surface area contributed by atoms with E-state index in [0.29, 0.717) is 37.4 Å². The van der Waals surface area contributed by atoms with Crippen molar-refractivity contribution in [3.63, 3.8) is 0 Å². The highest BCUT2D eigenvalue weighted by Gasteiger charge is 2.24. The van der Waals surface area contributed by atoms with E-state index in [-0.39, 0.29) is 30.3 Å². The molecule has 1 N–H and O–H groups in total. The lowest BCUT2D eigenvalue weighted by molar-refractivity contribution is -0.142. The third kappa shape index (κ3) is 6.80. The molecule has 2 aromatic carbocycles. The molecular weight excluding hydrogens is 454 g/mol. The molecular formula is C29H39N3O4. The number of aromatic amines is 1. The Kier molecular flexibility index (Phi) is 9.39. The van der Waals surface area contributed by atoms with E-state index in [9.17, 15) is 9.59 Å². The van der Waals surface area contributed by atoms with Crippen LogP contribution in [-0.2, 0) is 22.6 Å². The van der Waals surface area contributed by atoms with Crippen LogP contribution < -0.4 is 9.47 Å². The van der Waals surface area contributed by atoms with Gasteiger partial charge in [0.25, 0.3) is 0 Å². The Hall–Kier alpha value is -3.48. The van der Waals surface area contributed by atoms with Crippen LogP contribution in [0.15, 0.2) is 48.7 Å². The SMILES string of the molecule is COc1ccc(CN(CCc2c[nH]c3ccccc23)C(=O)CN(C(=O)CC(C)C)C(C)C)cc1OC. The molecule has 2 amide bonds. The second kappa shape index (κ2) is 12.5. The van der Waals surface area contributed by atoms with Crippen LogP contribution >= 0.6 is 0 Å². The van der Waals surface area contributed by atoms with Gasteiger partial charge in [0.2, 0.25) is 11.8 Å². The smallest absolute Gasteiger partial charge is 0.242 e. The average molecular weight is 494 g/mol. The number of para-hydroxylation sites is 1. The predicted octanol–water partition coefficient (Wildman–Crippen LogP) is 5.04. The number of carbonyl (C=O) groups is 2. The fraction of sp³-hybridized carbons (Fsp3) is 0.448. The van der Waals surface area contributed by atoms with Crippen molar-refractivity contribution in [2.45, 2.75) is 53.1 Å². The third-order valence-electron chi connectivity index (χ3n) is 6.33. The van der Waals surface area contributed by atoms with Crippen molar-refractivity contribution in [1.82, 2.24) is 14.8 Å². The number of rotatable bonds is 12. The summed E-state index contributed by atoms with van der Waals surface area (Å²) in [6.45, 7) is 8.94. The van der Waals surface area contributed by atoms with Crippen molar-refractivity contribution in [1.29, 1.82) is 0 Å². The van der Waals surface area contributed by atoms with Crippen LogP contribution in [0.4, 0.5) is 0 Å². The lowest BCUT2D eigenvalue weighted by Crippen LogP contribution is -2.46. The molecule has 7 heteroatoms. The molecule has 0 aliphatic carbocycles. The van der Waals surface area contributed by atoms with Crippen LogP contribution in [0.3, 0.4) is 0 Å². The third-order valence-corrected chi connectivity index (χ3v) is 6.33. The Balaban J connectivity index is 1.84. The summed E-state index contributed by atoms with van der Waals surface area (Å²) < 4.78 is 10.8. The largest absolute Gasteiger partial charge is 0.493 e. The maximum atomic E-state index is 13.6. The number of aromatic nitrogens is 1.